The van der Waals surface area contributed by atoms with E-state index in [0.29, 0.717) is 30.7 Å². The average molecular weight is 602 g/mol. The van der Waals surface area contributed by atoms with E-state index in [-0.39, 0.29) is 47.7 Å². The molecule has 40 heavy (non-hydrogen) atoms. The van der Waals surface area contributed by atoms with Crippen molar-refractivity contribution >= 4 is 33.3 Å². The lowest BCUT2D eigenvalue weighted by Crippen LogP contribution is -2.53. The number of sulfone groups is 1. The summed E-state index contributed by atoms with van der Waals surface area (Å²) in [5.74, 6) is -6.51. The van der Waals surface area contributed by atoms with Gasteiger partial charge >= 0.3 is 18.3 Å². The molecule has 3 aliphatic rings. The molecule has 5 rings (SSSR count). The van der Waals surface area contributed by atoms with E-state index in [2.05, 4.69) is 0 Å². The van der Waals surface area contributed by atoms with E-state index in [1.165, 1.54) is 30.3 Å². The maximum atomic E-state index is 14.4. The topological polar surface area (TPSA) is 91.8 Å². The summed E-state index contributed by atoms with van der Waals surface area (Å²) in [4.78, 5) is 26.6. The highest BCUT2D eigenvalue weighted by molar-refractivity contribution is 7.92. The monoisotopic (exact) mass is 601 g/mol. The number of nitrogens with zero attached hydrogens (tertiary/aromatic N) is 1. The third-order valence-corrected chi connectivity index (χ3v) is 11.7. The van der Waals surface area contributed by atoms with Crippen molar-refractivity contribution in [2.24, 2.45) is 11.8 Å². The van der Waals surface area contributed by atoms with E-state index in [0.717, 1.165) is 12.1 Å². The first-order chi connectivity index (χ1) is 18.8. The lowest BCUT2D eigenvalue weighted by Gasteiger charge is -2.43. The number of carboxylic acid groups (broad SMARTS) is 1. The number of hydrogen-bond donors (Lipinski definition) is 1. The van der Waals surface area contributed by atoms with Crippen LogP contribution in [0.2, 0.25) is 5.02 Å². The Labute approximate surface area is 234 Å². The Balaban J connectivity index is 1.58. The number of rotatable bonds is 6. The summed E-state index contributed by atoms with van der Waals surface area (Å²) in [7, 11) is -4.24. The van der Waals surface area contributed by atoms with Crippen molar-refractivity contribution in [2.45, 2.75) is 73.0 Å². The molecule has 0 bridgehead atoms. The molecule has 216 valence electrons. The highest BCUT2D eigenvalue weighted by atomic mass is 35.5. The van der Waals surface area contributed by atoms with Crippen molar-refractivity contribution in [3.8, 4) is 0 Å². The number of aliphatic carboxylic acids is 1. The zero-order valence-electron chi connectivity index (χ0n) is 21.3. The fourth-order valence-electron chi connectivity index (χ4n) is 6.77. The van der Waals surface area contributed by atoms with Gasteiger partial charge in [0, 0.05) is 23.0 Å². The lowest BCUT2D eigenvalue weighted by molar-refractivity contribution is -0.146. The highest BCUT2D eigenvalue weighted by Gasteiger charge is 2.61. The Bertz CT molecular complexity index is 1430. The van der Waals surface area contributed by atoms with Gasteiger partial charge in [-0.1, -0.05) is 23.7 Å². The van der Waals surface area contributed by atoms with Crippen molar-refractivity contribution in [1.29, 1.82) is 0 Å². The Morgan fingerprint density at radius 2 is 1.62 bits per heavy atom. The number of fused-ring (bicyclic) bond motifs is 3. The number of halogens is 5. The zero-order chi connectivity index (χ0) is 29.0. The van der Waals surface area contributed by atoms with Crippen LogP contribution < -0.4 is 0 Å². The molecule has 2 atom stereocenters. The van der Waals surface area contributed by atoms with E-state index < -0.39 is 56.3 Å². The van der Waals surface area contributed by atoms with Crippen LogP contribution in [0.25, 0.3) is 0 Å². The van der Waals surface area contributed by atoms with Crippen molar-refractivity contribution in [2.75, 3.05) is 6.54 Å². The molecule has 1 heterocycles. The molecular formula is C28H28ClF4NO5S. The maximum absolute atomic E-state index is 14.4. The summed E-state index contributed by atoms with van der Waals surface area (Å²) in [6, 6.07) is 7.77. The van der Waals surface area contributed by atoms with Crippen LogP contribution in [0.4, 0.5) is 17.6 Å². The molecule has 2 unspecified atom stereocenters. The Morgan fingerprint density at radius 3 is 2.23 bits per heavy atom. The van der Waals surface area contributed by atoms with Gasteiger partial charge in [0.15, 0.2) is 9.84 Å². The minimum absolute atomic E-state index is 0.00355. The number of alkyl halides is 4. The van der Waals surface area contributed by atoms with E-state index >= 15 is 0 Å². The van der Waals surface area contributed by atoms with Gasteiger partial charge < -0.3 is 10.0 Å². The summed E-state index contributed by atoms with van der Waals surface area (Å²) in [5.41, 5.74) is -0.417. The van der Waals surface area contributed by atoms with Gasteiger partial charge in [0.2, 0.25) is 5.91 Å². The molecule has 1 N–H and O–H groups in total. The minimum atomic E-state index is -4.40. The standard InChI is InChI=1S/C28H28ClF4NO5S/c29-20-7-9-21(10-8-20)40(38,39)27-13-14-34(24(35)16-1-3-17(4-2-16)25(36)37)23(27)12-5-18-15-19(6-11-22(18)27)28(32,33)26(30)31/h6-11,15-17,23,26H,1-5,12-14H2,(H,36,37). The molecule has 2 aromatic carbocycles. The number of likely N-dealkylation sites (tertiary alicyclic amines) is 1. The SMILES string of the molecule is O=C(O)C1CCC(C(=O)N2CCC3(S(=O)(=O)c4ccc(Cl)cc4)c4ccc(C(F)(F)C(F)F)cc4CCC23)CC1. The van der Waals surface area contributed by atoms with Crippen molar-refractivity contribution in [3.63, 3.8) is 0 Å². The molecule has 0 aromatic heterocycles. The summed E-state index contributed by atoms with van der Waals surface area (Å²) in [5, 5.41) is 9.63. The first-order valence-corrected chi connectivity index (χ1v) is 15.0. The van der Waals surface area contributed by atoms with Gasteiger partial charge in [-0.2, -0.15) is 8.78 Å². The number of aryl methyl sites for hydroxylation is 1. The predicted molar refractivity (Wildman–Crippen MR) is 138 cm³/mol. The van der Waals surface area contributed by atoms with Crippen molar-refractivity contribution in [1.82, 2.24) is 4.90 Å². The van der Waals surface area contributed by atoms with Crippen LogP contribution in [0.1, 0.15) is 55.2 Å². The van der Waals surface area contributed by atoms with Crippen LogP contribution >= 0.6 is 11.6 Å². The van der Waals surface area contributed by atoms with E-state index in [9.17, 15) is 40.7 Å². The molecule has 0 spiro atoms. The highest BCUT2D eigenvalue weighted by Crippen LogP contribution is 2.54. The van der Waals surface area contributed by atoms with Gasteiger partial charge in [0.25, 0.3) is 0 Å². The number of carboxylic acids is 1. The summed E-state index contributed by atoms with van der Waals surface area (Å²) < 4.78 is 81.8. The third kappa shape index (κ3) is 4.49. The van der Waals surface area contributed by atoms with E-state index in [4.69, 9.17) is 11.6 Å². The lowest BCUT2D eigenvalue weighted by atomic mass is 9.77. The molecule has 1 saturated heterocycles. The second-order valence-corrected chi connectivity index (χ2v) is 13.5. The fraction of sp³-hybridized carbons (Fsp3) is 0.500. The van der Waals surface area contributed by atoms with Gasteiger partial charge in [0.05, 0.1) is 16.9 Å². The Morgan fingerprint density at radius 1 is 1.00 bits per heavy atom. The van der Waals surface area contributed by atoms with Gasteiger partial charge in [-0.3, -0.25) is 9.59 Å². The van der Waals surface area contributed by atoms with Gasteiger partial charge in [0.1, 0.15) is 4.75 Å². The average Bonchev–Trinajstić information content (AvgIpc) is 3.34. The minimum Gasteiger partial charge on any atom is -0.481 e. The van der Waals surface area contributed by atoms with Gasteiger partial charge in [-0.15, -0.1) is 0 Å². The number of hydrogen-bond acceptors (Lipinski definition) is 4. The summed E-state index contributed by atoms with van der Waals surface area (Å²) >= 11 is 5.99. The molecular weight excluding hydrogens is 574 g/mol. The Kier molecular flexibility index (Phi) is 7.44. The number of benzene rings is 2. The molecule has 12 heteroatoms. The van der Waals surface area contributed by atoms with Crippen LogP contribution in [-0.4, -0.2) is 49.3 Å². The smallest absolute Gasteiger partial charge is 0.332 e. The number of carbonyl (C=O) groups is 2. The largest absolute Gasteiger partial charge is 0.481 e. The van der Waals surface area contributed by atoms with Gasteiger partial charge in [-0.25, -0.2) is 17.2 Å². The van der Waals surface area contributed by atoms with Crippen molar-refractivity contribution in [3.05, 3.63) is 64.2 Å². The molecule has 1 amide bonds. The van der Waals surface area contributed by atoms with Crippen LogP contribution in [0, 0.1) is 11.8 Å². The maximum Gasteiger partial charge on any atom is 0.332 e. The molecule has 2 aliphatic carbocycles. The van der Waals surface area contributed by atoms with E-state index in [1.54, 1.807) is 4.90 Å². The number of amides is 1. The first-order valence-electron chi connectivity index (χ1n) is 13.1. The molecule has 6 nitrogen and oxygen atoms in total. The summed E-state index contributed by atoms with van der Waals surface area (Å²) in [6.07, 6.45) is -2.22. The van der Waals surface area contributed by atoms with Crippen LogP contribution in [0.15, 0.2) is 47.4 Å². The van der Waals surface area contributed by atoms with Crippen molar-refractivity contribution < 1.29 is 40.7 Å². The molecule has 2 fully saturated rings. The van der Waals surface area contributed by atoms with Crippen LogP contribution in [0.5, 0.6) is 0 Å². The number of carbonyl (C=O) groups excluding carboxylic acids is 1. The summed E-state index contributed by atoms with van der Waals surface area (Å²) in [6.45, 7) is 0.101. The van der Waals surface area contributed by atoms with E-state index in [1.807, 2.05) is 0 Å². The second-order valence-electron chi connectivity index (χ2n) is 10.9. The normalized spacial score (nSPS) is 26.9. The molecule has 1 aliphatic heterocycles. The first kappa shape index (κ1) is 28.9. The second kappa shape index (κ2) is 10.3. The third-order valence-electron chi connectivity index (χ3n) is 8.86. The fourth-order valence-corrected chi connectivity index (χ4v) is 9.26. The molecule has 1 saturated carbocycles. The quantitative estimate of drug-likeness (QED) is 0.422. The zero-order valence-corrected chi connectivity index (χ0v) is 22.9. The predicted octanol–water partition coefficient (Wildman–Crippen LogP) is 5.80. The molecule has 2 aromatic rings. The molecule has 0 radical (unpaired) electrons. The van der Waals surface area contributed by atoms with Crippen LogP contribution in [-0.2, 0) is 36.5 Å². The van der Waals surface area contributed by atoms with Crippen LogP contribution in [0.3, 0.4) is 0 Å². The Hall–Kier alpha value is -2.66. The van der Waals surface area contributed by atoms with Gasteiger partial charge in [-0.05, 0) is 86.4 Å².